The highest BCUT2D eigenvalue weighted by molar-refractivity contribution is 8.18. The van der Waals surface area contributed by atoms with Crippen LogP contribution in [-0.4, -0.2) is 163 Å². The first-order valence-corrected chi connectivity index (χ1v) is 25.5. The zero-order valence-electron chi connectivity index (χ0n) is 42.6. The number of aromatic hydroxyl groups is 1. The molecule has 1 fully saturated rings. The molecule has 4 aromatic carbocycles. The van der Waals surface area contributed by atoms with Gasteiger partial charge in [-0.05, 0) is 73.2 Å². The molecule has 6 aromatic rings. The highest BCUT2D eigenvalue weighted by Crippen LogP contribution is 2.41. The molecule has 4 heterocycles. The summed E-state index contributed by atoms with van der Waals surface area (Å²) in [6, 6.07) is 23.9. The van der Waals surface area contributed by atoms with Crippen LogP contribution in [0.25, 0.3) is 39.4 Å². The summed E-state index contributed by atoms with van der Waals surface area (Å²) < 4.78 is 73.9. The predicted molar refractivity (Wildman–Crippen MR) is 289 cm³/mol. The van der Waals surface area contributed by atoms with Crippen molar-refractivity contribution in [3.63, 3.8) is 0 Å². The van der Waals surface area contributed by atoms with Gasteiger partial charge in [-0.1, -0.05) is 42.1 Å². The molecule has 1 saturated heterocycles. The molecule has 2 aliphatic rings. The van der Waals surface area contributed by atoms with E-state index in [1.807, 2.05) is 36.4 Å². The maximum atomic E-state index is 14.6. The van der Waals surface area contributed by atoms with Gasteiger partial charge in [-0.25, -0.2) is 28.8 Å². The number of alkyl halides is 3. The molecule has 8 rings (SSSR count). The van der Waals surface area contributed by atoms with E-state index in [4.69, 9.17) is 39.3 Å². The average molecular weight is 1120 g/mol. The van der Waals surface area contributed by atoms with E-state index >= 15 is 0 Å². The summed E-state index contributed by atoms with van der Waals surface area (Å²) in [5.74, 6) is -3.78. The monoisotopic (exact) mass is 1120 g/mol. The number of rotatable bonds is 22. The van der Waals surface area contributed by atoms with Crippen LogP contribution in [0.1, 0.15) is 12.5 Å². The number of thioether (sulfide) groups is 1. The van der Waals surface area contributed by atoms with E-state index in [0.29, 0.717) is 84.9 Å². The number of aliphatic imine (C=N–C) groups is 1. The van der Waals surface area contributed by atoms with Crippen molar-refractivity contribution >= 4 is 79.8 Å². The quantitative estimate of drug-likeness (QED) is 0.0195. The average Bonchev–Trinajstić information content (AvgIpc) is 3.98. The number of piperazine rings is 1. The number of aromatic amines is 2. The van der Waals surface area contributed by atoms with Gasteiger partial charge in [0, 0.05) is 51.5 Å². The number of aliphatic hydroxyl groups is 1. The number of carboxylic acid groups (broad SMARTS) is 1. The lowest BCUT2D eigenvalue weighted by atomic mass is 10.1. The van der Waals surface area contributed by atoms with Crippen LogP contribution in [0.2, 0.25) is 0 Å². The van der Waals surface area contributed by atoms with Gasteiger partial charge < -0.3 is 70.2 Å². The summed E-state index contributed by atoms with van der Waals surface area (Å²) in [5, 5.41) is 34.9. The molecule has 21 nitrogen and oxygen atoms in total. The molecule has 0 spiro atoms. The number of nitrogens with two attached hydrogens (primary N) is 1. The number of anilines is 2. The van der Waals surface area contributed by atoms with Gasteiger partial charge in [0.05, 0.1) is 84.5 Å². The van der Waals surface area contributed by atoms with Crippen LogP contribution in [-0.2, 0) is 28.5 Å². The van der Waals surface area contributed by atoms with E-state index in [0.717, 1.165) is 49.1 Å². The van der Waals surface area contributed by atoms with Crippen LogP contribution in [0.15, 0.2) is 111 Å². The Morgan fingerprint density at radius 3 is 2.22 bits per heavy atom. The second-order valence-corrected chi connectivity index (χ2v) is 18.3. The Hall–Kier alpha value is -8.17. The molecule has 420 valence electrons. The Labute approximate surface area is 453 Å². The number of phenols is 1. The lowest BCUT2D eigenvalue weighted by Gasteiger charge is -2.36. The van der Waals surface area contributed by atoms with Crippen LogP contribution < -0.4 is 31.6 Å². The number of urea groups is 1. The number of hydrogen-bond acceptors (Lipinski definition) is 17. The second-order valence-electron chi connectivity index (χ2n) is 17.2. The number of carbonyl (C=O) groups excluding carboxylic acids is 2. The van der Waals surface area contributed by atoms with Gasteiger partial charge in [-0.2, -0.15) is 13.2 Å². The zero-order valence-corrected chi connectivity index (χ0v) is 43.4. The number of pyridine rings is 1. The van der Waals surface area contributed by atoms with Crippen molar-refractivity contribution in [2.75, 3.05) is 109 Å². The standard InChI is InChI=1S/C51H56FN9O10S.C2HF3O2/c1-2-70-50(65)44-46(63)41(72-49(44)56-33-7-4-3-5-8-33)30-32-11-14-40(39(62)29-32)71-28-27-69-26-25-68-24-23-67-22-16-55-51(66)54-15-17-60-18-20-61(21-19-60)34-12-13-36-38(31-34)58-47(57-36)43-45(53)42-35(52)9-6-10-37(42)59-48(43)64;3-2(4,5)1(6)7/h3-14,29-31,62-63H,2,15-28H2,1H3,(H,57,58)(H3,53,59,64)(H2,54,55,66);(H,6,7). The number of fused-ring (bicyclic) bond motifs is 2. The van der Waals surface area contributed by atoms with Gasteiger partial charge in [0.15, 0.2) is 11.5 Å². The summed E-state index contributed by atoms with van der Waals surface area (Å²) in [7, 11) is 0. The minimum Gasteiger partial charge on any atom is -0.506 e. The maximum Gasteiger partial charge on any atom is 0.490 e. The van der Waals surface area contributed by atoms with Gasteiger partial charge in [-0.15, -0.1) is 0 Å². The van der Waals surface area contributed by atoms with E-state index < -0.39 is 29.5 Å². The first-order chi connectivity index (χ1) is 38.0. The van der Waals surface area contributed by atoms with E-state index in [1.165, 1.54) is 18.2 Å². The van der Waals surface area contributed by atoms with E-state index in [-0.39, 0.29) is 71.1 Å². The van der Waals surface area contributed by atoms with Crippen molar-refractivity contribution in [2.45, 2.75) is 13.1 Å². The maximum absolute atomic E-state index is 14.6. The molecule has 9 N–H and O–H groups in total. The number of carboxylic acids is 1. The molecule has 0 aliphatic carbocycles. The number of esters is 1. The topological polar surface area (TPSA) is 289 Å². The molecule has 0 saturated carbocycles. The molecule has 0 bridgehead atoms. The van der Waals surface area contributed by atoms with Gasteiger partial charge >= 0.3 is 24.1 Å². The van der Waals surface area contributed by atoms with Crippen molar-refractivity contribution in [2.24, 2.45) is 4.99 Å². The van der Waals surface area contributed by atoms with Crippen LogP contribution in [0, 0.1) is 5.82 Å². The van der Waals surface area contributed by atoms with Crippen LogP contribution in [0.4, 0.5) is 39.4 Å². The van der Waals surface area contributed by atoms with Crippen LogP contribution in [0.5, 0.6) is 11.5 Å². The third-order valence-corrected chi connectivity index (χ3v) is 12.8. The van der Waals surface area contributed by atoms with Crippen molar-refractivity contribution in [3.8, 4) is 22.9 Å². The van der Waals surface area contributed by atoms with Gasteiger partial charge in [0.2, 0.25) is 0 Å². The molecular weight excluding hydrogens is 1060 g/mol. The fraction of sp³-hybridized carbons (Fsp3) is 0.321. The number of halogens is 4. The number of phenolic OH excluding ortho intramolecular Hbond substituents is 1. The lowest BCUT2D eigenvalue weighted by Crippen LogP contribution is -2.49. The number of H-pyrrole nitrogens is 2. The number of aliphatic hydroxyl groups excluding tert-OH is 1. The smallest absolute Gasteiger partial charge is 0.490 e. The van der Waals surface area contributed by atoms with Crippen LogP contribution >= 0.6 is 11.8 Å². The van der Waals surface area contributed by atoms with Gasteiger partial charge in [0.25, 0.3) is 5.56 Å². The Morgan fingerprint density at radius 1 is 0.848 bits per heavy atom. The molecule has 26 heteroatoms. The summed E-state index contributed by atoms with van der Waals surface area (Å²) in [6.45, 7) is 8.75. The normalized spacial score (nSPS) is 14.9. The van der Waals surface area contributed by atoms with Crippen molar-refractivity contribution < 1.29 is 70.9 Å². The minimum atomic E-state index is -5.08. The molecule has 2 amide bonds. The Kier molecular flexibility index (Phi) is 20.7. The van der Waals surface area contributed by atoms with Crippen molar-refractivity contribution in [3.05, 3.63) is 123 Å². The molecular formula is C53H57F4N9O12S. The van der Waals surface area contributed by atoms with Crippen molar-refractivity contribution in [1.29, 1.82) is 0 Å². The number of nitrogens with zero attached hydrogens (tertiary/aromatic N) is 4. The lowest BCUT2D eigenvalue weighted by molar-refractivity contribution is -0.192. The van der Waals surface area contributed by atoms with Gasteiger partial charge in [0.1, 0.15) is 40.2 Å². The van der Waals surface area contributed by atoms with Crippen molar-refractivity contribution in [1.82, 2.24) is 30.5 Å². The largest absolute Gasteiger partial charge is 0.506 e. The number of nitrogen functional groups attached to an aromatic ring is 1. The number of hydrogen-bond donors (Lipinski definition) is 8. The molecule has 2 aromatic heterocycles. The SMILES string of the molecule is CCOC(=O)C1=C(O)C(=Cc2ccc(OCCOCCOCCOCCNC(=O)NCCN3CCN(c4ccc5nc(-c6c(N)c7c(F)cccc7[nH]c6=O)[nH]c5c4)CC3)c(O)c2)SC1=Nc1ccccc1.O=C(O)C(F)(F)F. The summed E-state index contributed by atoms with van der Waals surface area (Å²) in [4.78, 5) is 66.9. The summed E-state index contributed by atoms with van der Waals surface area (Å²) in [5.41, 5.74) is 9.86. The first-order valence-electron chi connectivity index (χ1n) is 24.7. The van der Waals surface area contributed by atoms with Gasteiger partial charge in [-0.3, -0.25) is 9.69 Å². The Morgan fingerprint density at radius 2 is 1.53 bits per heavy atom. The second kappa shape index (κ2) is 27.9. The highest BCUT2D eigenvalue weighted by atomic mass is 32.2. The molecule has 0 unspecified atom stereocenters. The third-order valence-electron chi connectivity index (χ3n) is 11.8. The third kappa shape index (κ3) is 16.2. The molecule has 0 atom stereocenters. The van der Waals surface area contributed by atoms with Crippen LogP contribution in [0.3, 0.4) is 0 Å². The Balaban J connectivity index is 0.00000121. The van der Waals surface area contributed by atoms with E-state index in [1.54, 1.807) is 43.3 Å². The number of benzene rings is 4. The van der Waals surface area contributed by atoms with E-state index in [9.17, 15) is 42.2 Å². The predicted octanol–water partition coefficient (Wildman–Crippen LogP) is 6.87. The number of nitrogens with one attached hydrogen (secondary N) is 4. The number of carbonyl (C=O) groups is 3. The number of para-hydroxylation sites is 1. The number of aliphatic carboxylic acids is 1. The fourth-order valence-corrected chi connectivity index (χ4v) is 9.04. The molecule has 2 aliphatic heterocycles. The zero-order chi connectivity index (χ0) is 56.5. The number of aromatic nitrogens is 3. The Bertz CT molecular complexity index is 3260. The van der Waals surface area contributed by atoms with E-state index in [2.05, 4.69) is 40.4 Å². The summed E-state index contributed by atoms with van der Waals surface area (Å²) in [6.07, 6.45) is -3.44. The highest BCUT2D eigenvalue weighted by Gasteiger charge is 2.38. The molecule has 79 heavy (non-hydrogen) atoms. The first kappa shape index (κ1) is 58.5. The molecule has 0 radical (unpaired) electrons. The number of amides is 2. The minimum absolute atomic E-state index is 0.0157. The fourth-order valence-electron chi connectivity index (χ4n) is 8.00. The number of imidazole rings is 1. The number of ether oxygens (including phenoxy) is 5. The summed E-state index contributed by atoms with van der Waals surface area (Å²) >= 11 is 1.13.